The lowest BCUT2D eigenvalue weighted by atomic mass is 10.2. The van der Waals surface area contributed by atoms with E-state index in [0.29, 0.717) is 11.6 Å². The fourth-order valence-corrected chi connectivity index (χ4v) is 1.64. The minimum absolute atomic E-state index is 0.332. The van der Waals surface area contributed by atoms with Crippen molar-refractivity contribution in [3.05, 3.63) is 29.8 Å². The van der Waals surface area contributed by atoms with Crippen molar-refractivity contribution in [1.29, 1.82) is 0 Å². The zero-order valence-electron chi connectivity index (χ0n) is 9.40. The van der Waals surface area contributed by atoms with Crippen LogP contribution in [0.2, 0.25) is 0 Å². The molecule has 1 aromatic rings. The molecule has 15 heavy (non-hydrogen) atoms. The predicted molar refractivity (Wildman–Crippen MR) is 61.6 cm³/mol. The number of carboxylic acid groups (broad SMARTS) is 1. The Bertz CT molecular complexity index is 330. The molecule has 0 aliphatic carbocycles. The Morgan fingerprint density at radius 1 is 1.33 bits per heavy atom. The lowest BCUT2D eigenvalue weighted by Crippen LogP contribution is -2.30. The van der Waals surface area contributed by atoms with E-state index in [4.69, 9.17) is 5.11 Å². The maximum atomic E-state index is 10.7. The maximum absolute atomic E-state index is 10.7. The number of carboxylic acids is 1. The van der Waals surface area contributed by atoms with Crippen LogP contribution in [0.3, 0.4) is 0 Å². The molecule has 0 saturated carbocycles. The van der Waals surface area contributed by atoms with E-state index < -0.39 is 5.97 Å². The van der Waals surface area contributed by atoms with Crippen molar-refractivity contribution in [1.82, 2.24) is 0 Å². The van der Waals surface area contributed by atoms with Crippen LogP contribution in [0.25, 0.3) is 0 Å². The molecule has 0 heterocycles. The van der Waals surface area contributed by atoms with E-state index >= 15 is 0 Å². The lowest BCUT2D eigenvalue weighted by Gasteiger charge is -2.27. The number of hydrogen-bond donors (Lipinski definition) is 1. The molecule has 0 amide bonds. The third kappa shape index (κ3) is 2.72. The number of rotatable bonds is 4. The molecule has 0 bridgehead atoms. The molecule has 0 aliphatic heterocycles. The van der Waals surface area contributed by atoms with Gasteiger partial charge in [-0.15, -0.1) is 0 Å². The molecule has 0 aromatic heterocycles. The number of anilines is 1. The van der Waals surface area contributed by atoms with Crippen molar-refractivity contribution < 1.29 is 9.90 Å². The molecule has 3 heteroatoms. The monoisotopic (exact) mass is 207 g/mol. The van der Waals surface area contributed by atoms with Gasteiger partial charge >= 0.3 is 5.97 Å². The van der Waals surface area contributed by atoms with Crippen LogP contribution < -0.4 is 4.90 Å². The first-order valence-electron chi connectivity index (χ1n) is 5.16. The summed E-state index contributed by atoms with van der Waals surface area (Å²) >= 11 is 0. The molecule has 0 fully saturated rings. The number of aromatic carboxylic acids is 1. The second kappa shape index (κ2) is 4.82. The first kappa shape index (κ1) is 11.6. The van der Waals surface area contributed by atoms with E-state index in [-0.39, 0.29) is 0 Å². The average Bonchev–Trinajstić information content (AvgIpc) is 2.19. The molecule has 1 N–H and O–H groups in total. The zero-order valence-corrected chi connectivity index (χ0v) is 9.40. The summed E-state index contributed by atoms with van der Waals surface area (Å²) in [6.45, 7) is 7.25. The Balaban J connectivity index is 2.92. The van der Waals surface area contributed by atoms with Gasteiger partial charge in [-0.2, -0.15) is 0 Å². The first-order valence-corrected chi connectivity index (χ1v) is 5.16. The molecule has 0 atom stereocenters. The minimum atomic E-state index is -0.880. The highest BCUT2D eigenvalue weighted by Crippen LogP contribution is 2.17. The first-order chi connectivity index (χ1) is 7.06. The largest absolute Gasteiger partial charge is 0.478 e. The van der Waals surface area contributed by atoms with Crippen LogP contribution in [0.4, 0.5) is 5.69 Å². The topological polar surface area (TPSA) is 40.5 Å². The Labute approximate surface area is 90.3 Å². The fourth-order valence-electron chi connectivity index (χ4n) is 1.64. The van der Waals surface area contributed by atoms with Crippen LogP contribution >= 0.6 is 0 Å². The van der Waals surface area contributed by atoms with Crippen molar-refractivity contribution in [2.75, 3.05) is 11.4 Å². The SMILES string of the molecule is CCN(c1ccc(C(=O)O)cc1)C(C)C. The summed E-state index contributed by atoms with van der Waals surface area (Å²) in [5, 5.41) is 8.77. The summed E-state index contributed by atoms with van der Waals surface area (Å²) in [5.41, 5.74) is 1.40. The molecule has 1 rings (SSSR count). The Kier molecular flexibility index (Phi) is 3.72. The van der Waals surface area contributed by atoms with Crippen molar-refractivity contribution >= 4 is 11.7 Å². The van der Waals surface area contributed by atoms with Crippen LogP contribution in [0.1, 0.15) is 31.1 Å². The van der Waals surface area contributed by atoms with Gasteiger partial charge in [-0.3, -0.25) is 0 Å². The second-order valence-electron chi connectivity index (χ2n) is 3.73. The van der Waals surface area contributed by atoms with Gasteiger partial charge in [0, 0.05) is 18.3 Å². The summed E-state index contributed by atoms with van der Waals surface area (Å²) in [6.07, 6.45) is 0. The number of nitrogens with zero attached hydrogens (tertiary/aromatic N) is 1. The fraction of sp³-hybridized carbons (Fsp3) is 0.417. The molecular weight excluding hydrogens is 190 g/mol. The third-order valence-electron chi connectivity index (χ3n) is 2.41. The zero-order chi connectivity index (χ0) is 11.4. The van der Waals surface area contributed by atoms with Crippen LogP contribution in [-0.4, -0.2) is 23.7 Å². The molecule has 0 radical (unpaired) electrons. The quantitative estimate of drug-likeness (QED) is 0.825. The van der Waals surface area contributed by atoms with Crippen LogP contribution in [0.15, 0.2) is 24.3 Å². The minimum Gasteiger partial charge on any atom is -0.478 e. The highest BCUT2D eigenvalue weighted by molar-refractivity contribution is 5.88. The summed E-state index contributed by atoms with van der Waals surface area (Å²) in [6, 6.07) is 7.41. The van der Waals surface area contributed by atoms with Gasteiger partial charge in [0.1, 0.15) is 0 Å². The predicted octanol–water partition coefficient (Wildman–Crippen LogP) is 2.62. The number of hydrogen-bond acceptors (Lipinski definition) is 2. The summed E-state index contributed by atoms with van der Waals surface area (Å²) in [5.74, 6) is -0.880. The normalized spacial score (nSPS) is 10.4. The number of carbonyl (C=O) groups is 1. The van der Waals surface area contributed by atoms with Crippen molar-refractivity contribution in [2.24, 2.45) is 0 Å². The molecule has 3 nitrogen and oxygen atoms in total. The van der Waals surface area contributed by atoms with Crippen LogP contribution in [0.5, 0.6) is 0 Å². The Morgan fingerprint density at radius 3 is 2.20 bits per heavy atom. The molecule has 0 saturated heterocycles. The standard InChI is InChI=1S/C12H17NO2/c1-4-13(9(2)3)11-7-5-10(6-8-11)12(14)15/h5-9H,4H2,1-3H3,(H,14,15). The molecule has 0 unspecified atom stereocenters. The van der Waals surface area contributed by atoms with Gasteiger partial charge in [0.25, 0.3) is 0 Å². The van der Waals surface area contributed by atoms with E-state index in [1.54, 1.807) is 12.1 Å². The van der Waals surface area contributed by atoms with Crippen LogP contribution in [-0.2, 0) is 0 Å². The van der Waals surface area contributed by atoms with E-state index in [0.717, 1.165) is 12.2 Å². The van der Waals surface area contributed by atoms with E-state index in [9.17, 15) is 4.79 Å². The van der Waals surface area contributed by atoms with Gasteiger partial charge in [-0.05, 0) is 45.0 Å². The van der Waals surface area contributed by atoms with Gasteiger partial charge < -0.3 is 10.0 Å². The summed E-state index contributed by atoms with van der Waals surface area (Å²) in [7, 11) is 0. The van der Waals surface area contributed by atoms with Crippen molar-refractivity contribution in [3.63, 3.8) is 0 Å². The maximum Gasteiger partial charge on any atom is 0.335 e. The van der Waals surface area contributed by atoms with Crippen molar-refractivity contribution in [3.8, 4) is 0 Å². The average molecular weight is 207 g/mol. The molecule has 0 aliphatic rings. The third-order valence-corrected chi connectivity index (χ3v) is 2.41. The summed E-state index contributed by atoms with van der Waals surface area (Å²) < 4.78 is 0. The van der Waals surface area contributed by atoms with Gasteiger partial charge in [-0.25, -0.2) is 4.79 Å². The van der Waals surface area contributed by atoms with E-state index in [1.807, 2.05) is 12.1 Å². The Hall–Kier alpha value is -1.51. The highest BCUT2D eigenvalue weighted by atomic mass is 16.4. The van der Waals surface area contributed by atoms with Gasteiger partial charge in [0.15, 0.2) is 0 Å². The summed E-state index contributed by atoms with van der Waals surface area (Å²) in [4.78, 5) is 12.9. The molecule has 1 aromatic carbocycles. The van der Waals surface area contributed by atoms with E-state index in [1.165, 1.54) is 0 Å². The number of benzene rings is 1. The van der Waals surface area contributed by atoms with Crippen molar-refractivity contribution in [2.45, 2.75) is 26.8 Å². The lowest BCUT2D eigenvalue weighted by molar-refractivity contribution is 0.0697. The molecule has 0 spiro atoms. The second-order valence-corrected chi connectivity index (χ2v) is 3.73. The molecule has 82 valence electrons. The Morgan fingerprint density at radius 2 is 1.87 bits per heavy atom. The molecular formula is C12H17NO2. The van der Waals surface area contributed by atoms with Gasteiger partial charge in [0.05, 0.1) is 5.56 Å². The van der Waals surface area contributed by atoms with Gasteiger partial charge in [0.2, 0.25) is 0 Å². The van der Waals surface area contributed by atoms with E-state index in [2.05, 4.69) is 25.7 Å². The highest BCUT2D eigenvalue weighted by Gasteiger charge is 2.09. The smallest absolute Gasteiger partial charge is 0.335 e. The van der Waals surface area contributed by atoms with Gasteiger partial charge in [-0.1, -0.05) is 0 Å². The van der Waals surface area contributed by atoms with Crippen LogP contribution in [0, 0.1) is 0 Å².